The minimum atomic E-state index is -0.0721. The topological polar surface area (TPSA) is 81.6 Å². The predicted molar refractivity (Wildman–Crippen MR) is 129 cm³/mol. The van der Waals surface area contributed by atoms with Gasteiger partial charge in [0.1, 0.15) is 5.82 Å². The van der Waals surface area contributed by atoms with Crippen LogP contribution in [-0.2, 0) is 4.79 Å². The highest BCUT2D eigenvalue weighted by Gasteiger charge is 2.23. The standard InChI is InChI=1S/C21H28N6O.HI/c1-16-7-6-10-19(24-16)26-20(28)11-13-23-21(22-2)25-17-12-14-27(15-17)18-8-4-3-5-9-18;/h3-10,17H,11-15H2,1-2H3,(H2,22,23,25)(H,24,26,28);1H. The Morgan fingerprint density at radius 1 is 1.21 bits per heavy atom. The number of nitrogens with one attached hydrogen (secondary N) is 3. The Hall–Kier alpha value is -2.36. The van der Waals surface area contributed by atoms with E-state index < -0.39 is 0 Å². The minimum absolute atomic E-state index is 0. The number of nitrogens with zero attached hydrogens (tertiary/aromatic N) is 3. The van der Waals surface area contributed by atoms with Crippen LogP contribution < -0.4 is 20.9 Å². The van der Waals surface area contributed by atoms with Crippen LogP contribution in [0.1, 0.15) is 18.5 Å². The average molecular weight is 508 g/mol. The average Bonchev–Trinajstić information content (AvgIpc) is 3.16. The van der Waals surface area contributed by atoms with Crippen LogP contribution in [0.2, 0.25) is 0 Å². The quantitative estimate of drug-likeness (QED) is 0.318. The first-order valence-corrected chi connectivity index (χ1v) is 9.65. The normalized spacial score (nSPS) is 16.1. The summed E-state index contributed by atoms with van der Waals surface area (Å²) >= 11 is 0. The minimum Gasteiger partial charge on any atom is -0.369 e. The molecule has 29 heavy (non-hydrogen) atoms. The zero-order valence-corrected chi connectivity index (χ0v) is 19.2. The van der Waals surface area contributed by atoms with Crippen molar-refractivity contribution >= 4 is 47.3 Å². The van der Waals surface area contributed by atoms with Crippen molar-refractivity contribution in [3.8, 4) is 0 Å². The molecule has 1 amide bonds. The molecule has 1 atom stereocenters. The van der Waals surface area contributed by atoms with E-state index in [0.717, 1.165) is 31.2 Å². The SMILES string of the molecule is CN=C(NCCC(=O)Nc1cccc(C)n1)NC1CCN(c2ccccc2)C1.I. The molecule has 3 rings (SSSR count). The zero-order chi connectivity index (χ0) is 19.8. The molecule has 1 aliphatic heterocycles. The third-order valence-electron chi connectivity index (χ3n) is 4.67. The number of carbonyl (C=O) groups is 1. The van der Waals surface area contributed by atoms with Crippen LogP contribution in [0, 0.1) is 6.92 Å². The van der Waals surface area contributed by atoms with Gasteiger partial charge < -0.3 is 20.9 Å². The van der Waals surface area contributed by atoms with Crippen molar-refractivity contribution in [2.45, 2.75) is 25.8 Å². The van der Waals surface area contributed by atoms with Crippen LogP contribution in [0.15, 0.2) is 53.5 Å². The van der Waals surface area contributed by atoms with E-state index in [0.29, 0.717) is 24.8 Å². The number of aromatic nitrogens is 1. The number of halogens is 1. The van der Waals surface area contributed by atoms with Gasteiger partial charge in [0.2, 0.25) is 5.91 Å². The Bertz CT molecular complexity index is 814. The molecule has 1 aromatic carbocycles. The van der Waals surface area contributed by atoms with Gasteiger partial charge in [0.25, 0.3) is 0 Å². The monoisotopic (exact) mass is 508 g/mol. The molecular formula is C21H29IN6O. The second-order valence-corrected chi connectivity index (χ2v) is 6.87. The fraction of sp³-hybridized carbons (Fsp3) is 0.381. The first-order valence-electron chi connectivity index (χ1n) is 9.65. The molecular weight excluding hydrogens is 479 g/mol. The van der Waals surface area contributed by atoms with Gasteiger partial charge in [-0.15, -0.1) is 24.0 Å². The molecule has 2 aromatic rings. The van der Waals surface area contributed by atoms with E-state index in [2.05, 4.69) is 55.1 Å². The number of anilines is 2. The molecule has 7 nitrogen and oxygen atoms in total. The highest BCUT2D eigenvalue weighted by molar-refractivity contribution is 14.0. The van der Waals surface area contributed by atoms with E-state index in [1.807, 2.05) is 25.1 Å². The van der Waals surface area contributed by atoms with E-state index >= 15 is 0 Å². The summed E-state index contributed by atoms with van der Waals surface area (Å²) in [6, 6.07) is 16.3. The van der Waals surface area contributed by atoms with E-state index in [-0.39, 0.29) is 29.9 Å². The largest absolute Gasteiger partial charge is 0.369 e. The van der Waals surface area contributed by atoms with Crippen molar-refractivity contribution in [3.63, 3.8) is 0 Å². The first kappa shape index (κ1) is 22.9. The van der Waals surface area contributed by atoms with Crippen LogP contribution in [0.4, 0.5) is 11.5 Å². The fourth-order valence-corrected chi connectivity index (χ4v) is 3.25. The molecule has 2 heterocycles. The van der Waals surface area contributed by atoms with Gasteiger partial charge in [-0.05, 0) is 37.6 Å². The fourth-order valence-electron chi connectivity index (χ4n) is 3.25. The predicted octanol–water partition coefficient (Wildman–Crippen LogP) is 2.78. The Morgan fingerprint density at radius 3 is 2.72 bits per heavy atom. The third kappa shape index (κ3) is 7.19. The van der Waals surface area contributed by atoms with Crippen LogP contribution in [0.25, 0.3) is 0 Å². The molecule has 1 aliphatic rings. The van der Waals surface area contributed by atoms with E-state index in [9.17, 15) is 4.79 Å². The molecule has 0 bridgehead atoms. The van der Waals surface area contributed by atoms with Crippen molar-refractivity contribution in [1.82, 2.24) is 15.6 Å². The number of aryl methyl sites for hydroxylation is 1. The van der Waals surface area contributed by atoms with Crippen molar-refractivity contribution in [2.24, 2.45) is 4.99 Å². The van der Waals surface area contributed by atoms with E-state index in [1.54, 1.807) is 13.1 Å². The second kappa shape index (κ2) is 11.6. The second-order valence-electron chi connectivity index (χ2n) is 6.87. The molecule has 156 valence electrons. The first-order chi connectivity index (χ1) is 13.6. The van der Waals surface area contributed by atoms with Gasteiger partial charge in [-0.2, -0.15) is 0 Å². The van der Waals surface area contributed by atoms with Crippen LogP contribution in [-0.4, -0.2) is 49.6 Å². The van der Waals surface area contributed by atoms with Gasteiger partial charge in [-0.1, -0.05) is 24.3 Å². The van der Waals surface area contributed by atoms with Gasteiger partial charge in [0, 0.05) is 50.5 Å². The van der Waals surface area contributed by atoms with Crippen molar-refractivity contribution < 1.29 is 4.79 Å². The maximum atomic E-state index is 12.1. The molecule has 1 unspecified atom stereocenters. The summed E-state index contributed by atoms with van der Waals surface area (Å²) in [6.45, 7) is 4.36. The summed E-state index contributed by atoms with van der Waals surface area (Å²) in [5.74, 6) is 1.23. The highest BCUT2D eigenvalue weighted by atomic mass is 127. The van der Waals surface area contributed by atoms with Crippen LogP contribution >= 0.6 is 24.0 Å². The lowest BCUT2D eigenvalue weighted by atomic mass is 10.2. The van der Waals surface area contributed by atoms with Gasteiger partial charge in [-0.25, -0.2) is 4.98 Å². The van der Waals surface area contributed by atoms with Crippen LogP contribution in [0.3, 0.4) is 0 Å². The Morgan fingerprint density at radius 2 is 2.00 bits per heavy atom. The molecule has 0 radical (unpaired) electrons. The summed E-state index contributed by atoms with van der Waals surface area (Å²) in [7, 11) is 1.75. The summed E-state index contributed by atoms with van der Waals surface area (Å²) in [4.78, 5) is 23.0. The number of amides is 1. The molecule has 0 spiro atoms. The number of benzene rings is 1. The lowest BCUT2D eigenvalue weighted by Crippen LogP contribution is -2.45. The maximum absolute atomic E-state index is 12.1. The van der Waals surface area contributed by atoms with E-state index in [4.69, 9.17) is 0 Å². The number of pyridine rings is 1. The number of guanidine groups is 1. The van der Waals surface area contributed by atoms with Gasteiger partial charge in [0.05, 0.1) is 0 Å². The highest BCUT2D eigenvalue weighted by Crippen LogP contribution is 2.19. The Balaban J connectivity index is 0.00000300. The van der Waals surface area contributed by atoms with Crippen molar-refractivity contribution in [1.29, 1.82) is 0 Å². The molecule has 1 aromatic heterocycles. The smallest absolute Gasteiger partial charge is 0.227 e. The molecule has 1 saturated heterocycles. The number of rotatable bonds is 6. The summed E-state index contributed by atoms with van der Waals surface area (Å²) in [5, 5.41) is 9.48. The number of hydrogen-bond acceptors (Lipinski definition) is 4. The summed E-state index contributed by atoms with van der Waals surface area (Å²) < 4.78 is 0. The van der Waals surface area contributed by atoms with Gasteiger partial charge in [0.15, 0.2) is 5.96 Å². The molecule has 0 aliphatic carbocycles. The number of hydrogen-bond donors (Lipinski definition) is 3. The lowest BCUT2D eigenvalue weighted by molar-refractivity contribution is -0.116. The maximum Gasteiger partial charge on any atom is 0.227 e. The van der Waals surface area contributed by atoms with E-state index in [1.165, 1.54) is 5.69 Å². The molecule has 8 heteroatoms. The summed E-state index contributed by atoms with van der Waals surface area (Å²) in [5.41, 5.74) is 2.12. The molecule has 1 fully saturated rings. The Labute approximate surface area is 189 Å². The number of aliphatic imine (C=N–C) groups is 1. The van der Waals surface area contributed by atoms with Crippen molar-refractivity contribution in [3.05, 3.63) is 54.2 Å². The number of para-hydroxylation sites is 1. The molecule has 0 saturated carbocycles. The Kier molecular flexibility index (Phi) is 9.17. The van der Waals surface area contributed by atoms with Crippen LogP contribution in [0.5, 0.6) is 0 Å². The lowest BCUT2D eigenvalue weighted by Gasteiger charge is -2.20. The van der Waals surface area contributed by atoms with Gasteiger partial charge in [-0.3, -0.25) is 9.79 Å². The summed E-state index contributed by atoms with van der Waals surface area (Å²) in [6.07, 6.45) is 1.40. The van der Waals surface area contributed by atoms with Crippen molar-refractivity contribution in [2.75, 3.05) is 36.9 Å². The molecule has 3 N–H and O–H groups in total. The third-order valence-corrected chi connectivity index (χ3v) is 4.67. The zero-order valence-electron chi connectivity index (χ0n) is 16.9. The van der Waals surface area contributed by atoms with Gasteiger partial charge >= 0.3 is 0 Å². The number of carbonyl (C=O) groups excluding carboxylic acids is 1.